The Bertz CT molecular complexity index is 713. The molecule has 1 unspecified atom stereocenters. The molecule has 2 N–H and O–H groups in total. The fourth-order valence-corrected chi connectivity index (χ4v) is 3.35. The van der Waals surface area contributed by atoms with Gasteiger partial charge in [0.05, 0.1) is 5.02 Å². The van der Waals surface area contributed by atoms with Gasteiger partial charge in [-0.2, -0.15) is 0 Å². The van der Waals surface area contributed by atoms with Gasteiger partial charge < -0.3 is 15.4 Å². The molecule has 138 valence electrons. The lowest BCUT2D eigenvalue weighted by Crippen LogP contribution is -2.32. The van der Waals surface area contributed by atoms with Crippen LogP contribution in [0.2, 0.25) is 5.02 Å². The maximum absolute atomic E-state index is 12.3. The van der Waals surface area contributed by atoms with Gasteiger partial charge in [-0.15, -0.1) is 0 Å². The highest BCUT2D eigenvalue weighted by atomic mass is 35.5. The molecular weight excluding hydrogens is 350 g/mol. The summed E-state index contributed by atoms with van der Waals surface area (Å²) in [4.78, 5) is 16.4. The lowest BCUT2D eigenvalue weighted by atomic mass is 9.84. The topological polar surface area (TPSA) is 63.2 Å². The molecule has 0 aliphatic carbocycles. The van der Waals surface area contributed by atoms with Gasteiger partial charge in [-0.1, -0.05) is 18.5 Å². The maximum atomic E-state index is 12.3. The highest BCUT2D eigenvalue weighted by Gasteiger charge is 2.22. The smallest absolute Gasteiger partial charge is 0.224 e. The first kappa shape index (κ1) is 18.7. The minimum Gasteiger partial charge on any atom is -0.439 e. The molecule has 0 radical (unpaired) electrons. The quantitative estimate of drug-likeness (QED) is 0.783. The molecule has 2 heterocycles. The highest BCUT2D eigenvalue weighted by Crippen LogP contribution is 2.25. The predicted molar refractivity (Wildman–Crippen MR) is 104 cm³/mol. The second-order valence-corrected chi connectivity index (χ2v) is 7.19. The van der Waals surface area contributed by atoms with Gasteiger partial charge in [-0.25, -0.2) is 4.98 Å². The molecule has 1 saturated heterocycles. The number of carbonyl (C=O) groups is 1. The van der Waals surface area contributed by atoms with Crippen LogP contribution in [0, 0.1) is 11.8 Å². The summed E-state index contributed by atoms with van der Waals surface area (Å²) in [6.07, 6.45) is 4.39. The molecule has 1 amide bonds. The van der Waals surface area contributed by atoms with E-state index in [1.807, 2.05) is 24.3 Å². The molecule has 0 saturated carbocycles. The fourth-order valence-electron chi connectivity index (χ4n) is 3.23. The van der Waals surface area contributed by atoms with E-state index in [1.54, 1.807) is 12.1 Å². The van der Waals surface area contributed by atoms with Crippen molar-refractivity contribution in [2.45, 2.75) is 26.2 Å². The number of nitrogens with zero attached hydrogens (tertiary/aromatic N) is 1. The molecule has 5 nitrogen and oxygen atoms in total. The summed E-state index contributed by atoms with van der Waals surface area (Å²) < 4.78 is 5.65. The number of rotatable bonds is 6. The van der Waals surface area contributed by atoms with Crippen LogP contribution in [0.4, 0.5) is 5.69 Å². The van der Waals surface area contributed by atoms with Crippen LogP contribution >= 0.6 is 11.6 Å². The van der Waals surface area contributed by atoms with Gasteiger partial charge >= 0.3 is 0 Å². The average Bonchev–Trinajstić information content (AvgIpc) is 2.66. The number of benzene rings is 1. The number of hydrogen-bond donors (Lipinski definition) is 2. The second kappa shape index (κ2) is 9.01. The van der Waals surface area contributed by atoms with E-state index in [9.17, 15) is 4.79 Å². The van der Waals surface area contributed by atoms with Crippen molar-refractivity contribution in [2.24, 2.45) is 11.8 Å². The lowest BCUT2D eigenvalue weighted by Gasteiger charge is -2.27. The van der Waals surface area contributed by atoms with Gasteiger partial charge in [0.15, 0.2) is 0 Å². The largest absolute Gasteiger partial charge is 0.439 e. The fraction of sp³-hybridized carbons (Fsp3) is 0.400. The molecule has 26 heavy (non-hydrogen) atoms. The van der Waals surface area contributed by atoms with Crippen LogP contribution in [0.3, 0.4) is 0 Å². The normalized spacial score (nSPS) is 16.1. The van der Waals surface area contributed by atoms with Crippen LogP contribution in [-0.4, -0.2) is 24.0 Å². The molecule has 6 heteroatoms. The third kappa shape index (κ3) is 5.44. The summed E-state index contributed by atoms with van der Waals surface area (Å²) in [6, 6.07) is 10.7. The first-order valence-corrected chi connectivity index (χ1v) is 9.38. The van der Waals surface area contributed by atoms with Crippen LogP contribution in [-0.2, 0) is 4.79 Å². The third-order valence-corrected chi connectivity index (χ3v) is 4.98. The summed E-state index contributed by atoms with van der Waals surface area (Å²) >= 11 is 5.81. The summed E-state index contributed by atoms with van der Waals surface area (Å²) in [5.74, 6) is 2.22. The van der Waals surface area contributed by atoms with Crippen LogP contribution < -0.4 is 15.4 Å². The number of halogens is 1. The molecule has 3 rings (SSSR count). The van der Waals surface area contributed by atoms with Gasteiger partial charge in [-0.05, 0) is 68.1 Å². The van der Waals surface area contributed by atoms with Crippen LogP contribution in [0.1, 0.15) is 26.2 Å². The van der Waals surface area contributed by atoms with Gasteiger partial charge in [0.2, 0.25) is 11.8 Å². The summed E-state index contributed by atoms with van der Waals surface area (Å²) in [5.41, 5.74) is 0.768. The molecule has 0 bridgehead atoms. The van der Waals surface area contributed by atoms with E-state index in [4.69, 9.17) is 16.3 Å². The first-order chi connectivity index (χ1) is 12.6. The molecule has 1 atom stereocenters. The number of ether oxygens (including phenoxy) is 1. The van der Waals surface area contributed by atoms with E-state index in [-0.39, 0.29) is 5.91 Å². The number of anilines is 1. The summed E-state index contributed by atoms with van der Waals surface area (Å²) in [7, 11) is 0. The lowest BCUT2D eigenvalue weighted by molar-refractivity contribution is -0.117. The Morgan fingerprint density at radius 2 is 2.00 bits per heavy atom. The van der Waals surface area contributed by atoms with Gasteiger partial charge in [0.1, 0.15) is 5.75 Å². The first-order valence-electron chi connectivity index (χ1n) is 9.00. The van der Waals surface area contributed by atoms with Gasteiger partial charge in [0, 0.05) is 24.4 Å². The van der Waals surface area contributed by atoms with Gasteiger partial charge in [-0.3, -0.25) is 4.79 Å². The van der Waals surface area contributed by atoms with Crippen molar-refractivity contribution in [2.75, 3.05) is 18.4 Å². The standard InChI is InChI=1S/C20H24ClN3O2/c1-14(15-8-10-22-11-9-15)12-19(25)24-17-3-5-18(6-4-17)26-20-7-2-16(21)13-23-20/h2-7,13-15,22H,8-12H2,1H3,(H,24,25). The van der Waals surface area contributed by atoms with Crippen LogP contribution in [0.15, 0.2) is 42.6 Å². The number of nitrogens with one attached hydrogen (secondary N) is 2. The zero-order valence-corrected chi connectivity index (χ0v) is 15.6. The zero-order valence-electron chi connectivity index (χ0n) is 14.9. The zero-order chi connectivity index (χ0) is 18.4. The molecule has 1 aromatic heterocycles. The van der Waals surface area contributed by atoms with E-state index in [2.05, 4.69) is 22.5 Å². The van der Waals surface area contributed by atoms with Crippen molar-refractivity contribution in [3.05, 3.63) is 47.6 Å². The Balaban J connectivity index is 1.50. The van der Waals surface area contributed by atoms with E-state index in [0.29, 0.717) is 34.9 Å². The third-order valence-electron chi connectivity index (χ3n) is 4.76. The Morgan fingerprint density at radius 3 is 2.65 bits per heavy atom. The minimum absolute atomic E-state index is 0.0593. The SMILES string of the molecule is CC(CC(=O)Nc1ccc(Oc2ccc(Cl)cn2)cc1)C1CCNCC1. The Labute approximate surface area is 159 Å². The van der Waals surface area contributed by atoms with E-state index in [0.717, 1.165) is 31.6 Å². The molecule has 1 fully saturated rings. The number of aromatic nitrogens is 1. The van der Waals surface area contributed by atoms with Gasteiger partial charge in [0.25, 0.3) is 0 Å². The van der Waals surface area contributed by atoms with E-state index in [1.165, 1.54) is 6.20 Å². The Kier molecular flexibility index (Phi) is 6.47. The van der Waals surface area contributed by atoms with Crippen LogP contribution in [0.5, 0.6) is 11.6 Å². The molecule has 1 aromatic carbocycles. The monoisotopic (exact) mass is 373 g/mol. The maximum Gasteiger partial charge on any atom is 0.224 e. The molecule has 1 aliphatic heterocycles. The van der Waals surface area contributed by atoms with E-state index < -0.39 is 0 Å². The average molecular weight is 374 g/mol. The number of amides is 1. The molecule has 2 aromatic rings. The Morgan fingerprint density at radius 1 is 1.27 bits per heavy atom. The van der Waals surface area contributed by atoms with Crippen molar-refractivity contribution in [1.29, 1.82) is 0 Å². The molecular formula is C20H24ClN3O2. The van der Waals surface area contributed by atoms with Crippen LogP contribution in [0.25, 0.3) is 0 Å². The second-order valence-electron chi connectivity index (χ2n) is 6.76. The number of piperidine rings is 1. The molecule has 1 aliphatic rings. The minimum atomic E-state index is 0.0593. The van der Waals surface area contributed by atoms with E-state index >= 15 is 0 Å². The Hall–Kier alpha value is -2.11. The predicted octanol–water partition coefficient (Wildman–Crippen LogP) is 4.49. The number of hydrogen-bond acceptors (Lipinski definition) is 4. The molecule has 0 spiro atoms. The highest BCUT2D eigenvalue weighted by molar-refractivity contribution is 6.30. The van der Waals surface area contributed by atoms with Crippen molar-refractivity contribution < 1.29 is 9.53 Å². The van der Waals surface area contributed by atoms with Crippen molar-refractivity contribution in [1.82, 2.24) is 10.3 Å². The summed E-state index contributed by atoms with van der Waals surface area (Å²) in [5, 5.41) is 6.90. The number of carbonyl (C=O) groups excluding carboxylic acids is 1. The van der Waals surface area contributed by atoms with Crippen molar-refractivity contribution in [3.63, 3.8) is 0 Å². The number of pyridine rings is 1. The van der Waals surface area contributed by atoms with Crippen molar-refractivity contribution in [3.8, 4) is 11.6 Å². The summed E-state index contributed by atoms with van der Waals surface area (Å²) in [6.45, 7) is 4.28. The van der Waals surface area contributed by atoms with Crippen molar-refractivity contribution >= 4 is 23.2 Å².